The van der Waals surface area contributed by atoms with Crippen LogP contribution in [0.4, 0.5) is 5.69 Å². The Morgan fingerprint density at radius 2 is 1.94 bits per heavy atom. The molecular formula is C22H23BrClN5O2S. The van der Waals surface area contributed by atoms with Gasteiger partial charge in [-0.2, -0.15) is 0 Å². The van der Waals surface area contributed by atoms with Gasteiger partial charge < -0.3 is 15.2 Å². The lowest BCUT2D eigenvalue weighted by Crippen LogP contribution is -2.28. The van der Waals surface area contributed by atoms with Crippen molar-refractivity contribution in [1.82, 2.24) is 20.1 Å². The van der Waals surface area contributed by atoms with Crippen LogP contribution in [0.1, 0.15) is 40.3 Å². The Morgan fingerprint density at radius 1 is 1.19 bits per heavy atom. The molecule has 3 rings (SSSR count). The van der Waals surface area contributed by atoms with Crippen LogP contribution in [-0.4, -0.2) is 32.3 Å². The molecule has 0 spiro atoms. The van der Waals surface area contributed by atoms with Gasteiger partial charge in [-0.05, 0) is 62.2 Å². The fourth-order valence-electron chi connectivity index (χ4n) is 3.04. The molecule has 2 amide bonds. The van der Waals surface area contributed by atoms with E-state index in [1.807, 2.05) is 32.9 Å². The summed E-state index contributed by atoms with van der Waals surface area (Å²) in [5.74, 6) is 0.384. The molecule has 0 bridgehead atoms. The summed E-state index contributed by atoms with van der Waals surface area (Å²) in [4.78, 5) is 24.9. The van der Waals surface area contributed by atoms with Gasteiger partial charge in [0.2, 0.25) is 5.91 Å². The summed E-state index contributed by atoms with van der Waals surface area (Å²) in [6.07, 6.45) is 0. The molecule has 0 fully saturated rings. The minimum Gasteiger partial charge on any atom is -0.342 e. The average molecular weight is 537 g/mol. The summed E-state index contributed by atoms with van der Waals surface area (Å²) in [5, 5.41) is 15.3. The third kappa shape index (κ3) is 5.70. The maximum Gasteiger partial charge on any atom is 0.251 e. The van der Waals surface area contributed by atoms with E-state index in [4.69, 9.17) is 11.6 Å². The Balaban J connectivity index is 1.60. The first-order chi connectivity index (χ1) is 15.2. The Bertz CT molecular complexity index is 1170. The number of benzene rings is 2. The fourth-order valence-corrected chi connectivity index (χ4v) is 4.38. The minimum absolute atomic E-state index is 0.133. The number of aromatic nitrogens is 3. The normalized spacial score (nSPS) is 11.8. The van der Waals surface area contributed by atoms with E-state index in [1.54, 1.807) is 35.9 Å². The van der Waals surface area contributed by atoms with Crippen molar-refractivity contribution in [3.8, 4) is 0 Å². The minimum atomic E-state index is -0.379. The molecule has 1 heterocycles. The first-order valence-corrected chi connectivity index (χ1v) is 12.0. The summed E-state index contributed by atoms with van der Waals surface area (Å²) in [7, 11) is 1.81. The zero-order chi connectivity index (χ0) is 23.4. The number of anilines is 1. The Morgan fingerprint density at radius 3 is 2.66 bits per heavy atom. The Hall–Kier alpha value is -2.36. The Kier molecular flexibility index (Phi) is 7.97. The fraction of sp³-hybridized carbons (Fsp3) is 0.273. The average Bonchev–Trinajstić information content (AvgIpc) is 3.13. The van der Waals surface area contributed by atoms with E-state index in [0.717, 1.165) is 21.3 Å². The molecule has 0 saturated carbocycles. The second-order valence-electron chi connectivity index (χ2n) is 7.29. The molecule has 0 radical (unpaired) electrons. The predicted molar refractivity (Wildman–Crippen MR) is 131 cm³/mol. The summed E-state index contributed by atoms with van der Waals surface area (Å²) in [6, 6.07) is 10.1. The van der Waals surface area contributed by atoms with Gasteiger partial charge in [0, 0.05) is 27.8 Å². The van der Waals surface area contributed by atoms with Gasteiger partial charge in [-0.1, -0.05) is 45.4 Å². The van der Waals surface area contributed by atoms with Crippen LogP contribution in [-0.2, 0) is 11.8 Å². The molecular weight excluding hydrogens is 514 g/mol. The first kappa shape index (κ1) is 24.3. The first-order valence-electron chi connectivity index (χ1n) is 9.81. The molecule has 0 aliphatic carbocycles. The lowest BCUT2D eigenvalue weighted by molar-refractivity contribution is -0.113. The number of hydrogen-bond donors (Lipinski definition) is 2. The van der Waals surface area contributed by atoms with Crippen LogP contribution in [0, 0.1) is 13.8 Å². The van der Waals surface area contributed by atoms with E-state index in [1.165, 1.54) is 11.8 Å². The topological polar surface area (TPSA) is 88.9 Å². The molecule has 10 heteroatoms. The molecule has 0 saturated heterocycles. The van der Waals surface area contributed by atoms with Gasteiger partial charge in [0.1, 0.15) is 0 Å². The van der Waals surface area contributed by atoms with E-state index in [0.29, 0.717) is 21.6 Å². The van der Waals surface area contributed by atoms with Crippen molar-refractivity contribution in [2.75, 3.05) is 11.1 Å². The summed E-state index contributed by atoms with van der Waals surface area (Å²) < 4.78 is 2.78. The molecule has 2 N–H and O–H groups in total. The number of rotatable bonds is 7. The number of nitrogens with one attached hydrogen (secondary N) is 2. The van der Waals surface area contributed by atoms with Crippen LogP contribution in [0.2, 0.25) is 5.02 Å². The predicted octanol–water partition coefficient (Wildman–Crippen LogP) is 5.07. The van der Waals surface area contributed by atoms with Crippen LogP contribution in [0.3, 0.4) is 0 Å². The summed E-state index contributed by atoms with van der Waals surface area (Å²) in [5.41, 5.74) is 3.36. The maximum absolute atomic E-state index is 12.5. The van der Waals surface area contributed by atoms with Gasteiger partial charge in [-0.15, -0.1) is 10.2 Å². The molecule has 168 valence electrons. The number of thioether (sulfide) groups is 1. The van der Waals surface area contributed by atoms with Gasteiger partial charge in [0.25, 0.3) is 5.91 Å². The van der Waals surface area contributed by atoms with Crippen molar-refractivity contribution < 1.29 is 9.59 Å². The van der Waals surface area contributed by atoms with Crippen LogP contribution in [0.15, 0.2) is 46.0 Å². The quantitative estimate of drug-likeness (QED) is 0.412. The molecule has 32 heavy (non-hydrogen) atoms. The zero-order valence-electron chi connectivity index (χ0n) is 18.1. The molecule has 0 aliphatic rings. The highest BCUT2D eigenvalue weighted by Crippen LogP contribution is 2.26. The van der Waals surface area contributed by atoms with Gasteiger partial charge >= 0.3 is 0 Å². The number of halogens is 2. The third-order valence-corrected chi connectivity index (χ3v) is 7.13. The summed E-state index contributed by atoms with van der Waals surface area (Å²) >= 11 is 10.7. The van der Waals surface area contributed by atoms with Crippen molar-refractivity contribution >= 4 is 56.8 Å². The van der Waals surface area contributed by atoms with Crippen LogP contribution >= 0.6 is 39.3 Å². The molecule has 0 aliphatic heterocycles. The highest BCUT2D eigenvalue weighted by molar-refractivity contribution is 9.10. The molecule has 7 nitrogen and oxygen atoms in total. The molecule has 0 unspecified atom stereocenters. The summed E-state index contributed by atoms with van der Waals surface area (Å²) in [6.45, 7) is 5.79. The van der Waals surface area contributed by atoms with Gasteiger partial charge in [-0.25, -0.2) is 0 Å². The lowest BCUT2D eigenvalue weighted by atomic mass is 10.1. The number of carbonyl (C=O) groups is 2. The Labute approximate surface area is 204 Å². The highest BCUT2D eigenvalue weighted by Gasteiger charge is 2.19. The van der Waals surface area contributed by atoms with Crippen LogP contribution in [0.5, 0.6) is 0 Å². The molecule has 1 atom stereocenters. The second-order valence-corrected chi connectivity index (χ2v) is 9.52. The van der Waals surface area contributed by atoms with Crippen molar-refractivity contribution in [2.45, 2.75) is 32.0 Å². The van der Waals surface area contributed by atoms with E-state index in [-0.39, 0.29) is 23.6 Å². The van der Waals surface area contributed by atoms with Gasteiger partial charge in [-0.3, -0.25) is 9.59 Å². The van der Waals surface area contributed by atoms with E-state index >= 15 is 0 Å². The number of carbonyl (C=O) groups excluding carboxylic acids is 2. The van der Waals surface area contributed by atoms with Crippen molar-refractivity contribution in [2.24, 2.45) is 7.05 Å². The van der Waals surface area contributed by atoms with Crippen molar-refractivity contribution in [1.29, 1.82) is 0 Å². The number of nitrogens with zero attached hydrogens (tertiary/aromatic N) is 3. The lowest BCUT2D eigenvalue weighted by Gasteiger charge is -2.14. The van der Waals surface area contributed by atoms with Crippen LogP contribution in [0.25, 0.3) is 0 Å². The molecule has 3 aromatic rings. The standard InChI is InChI=1S/C22H23BrClN5O2S/c1-12-13(2)18(9-8-17(12)23)26-19(30)11-32-22-28-27-20(29(22)4)14(3)25-21(31)15-6-5-7-16(24)10-15/h5-10,14H,11H2,1-4H3,(H,25,31)(H,26,30)/t14-/m1/s1. The van der Waals surface area contributed by atoms with Gasteiger partial charge in [0.05, 0.1) is 11.8 Å². The van der Waals surface area contributed by atoms with Crippen molar-refractivity contribution in [3.63, 3.8) is 0 Å². The van der Waals surface area contributed by atoms with Gasteiger partial charge in [0.15, 0.2) is 11.0 Å². The van der Waals surface area contributed by atoms with Crippen LogP contribution < -0.4 is 10.6 Å². The smallest absolute Gasteiger partial charge is 0.251 e. The maximum atomic E-state index is 12.5. The largest absolute Gasteiger partial charge is 0.342 e. The third-order valence-electron chi connectivity index (χ3n) is 5.02. The van der Waals surface area contributed by atoms with Crippen molar-refractivity contribution in [3.05, 3.63) is 68.4 Å². The SMILES string of the molecule is Cc1c(Br)ccc(NC(=O)CSc2nnc([C@@H](C)NC(=O)c3cccc(Cl)c3)n2C)c1C. The van der Waals surface area contributed by atoms with E-state index < -0.39 is 0 Å². The monoisotopic (exact) mass is 535 g/mol. The number of amides is 2. The second kappa shape index (κ2) is 10.5. The number of hydrogen-bond acceptors (Lipinski definition) is 5. The zero-order valence-corrected chi connectivity index (χ0v) is 21.2. The highest BCUT2D eigenvalue weighted by atomic mass is 79.9. The molecule has 2 aromatic carbocycles. The molecule has 1 aromatic heterocycles. The van der Waals surface area contributed by atoms with E-state index in [2.05, 4.69) is 36.8 Å². The van der Waals surface area contributed by atoms with E-state index in [9.17, 15) is 9.59 Å².